The van der Waals surface area contributed by atoms with Crippen molar-refractivity contribution in [1.29, 1.82) is 0 Å². The molecule has 1 fully saturated rings. The van der Waals surface area contributed by atoms with Gasteiger partial charge in [-0.05, 0) is 18.4 Å². The number of benzene rings is 1. The summed E-state index contributed by atoms with van der Waals surface area (Å²) in [5.41, 5.74) is 6.77. The number of carbonyl (C=O) groups excluding carboxylic acids is 2. The van der Waals surface area contributed by atoms with Crippen LogP contribution in [0.15, 0.2) is 30.3 Å². The fourth-order valence-electron chi connectivity index (χ4n) is 2.44. The van der Waals surface area contributed by atoms with Crippen molar-refractivity contribution in [2.75, 3.05) is 13.1 Å². The van der Waals surface area contributed by atoms with Crippen LogP contribution in [0.3, 0.4) is 0 Å². The lowest BCUT2D eigenvalue weighted by Crippen LogP contribution is -2.48. The van der Waals surface area contributed by atoms with E-state index in [0.29, 0.717) is 13.1 Å². The summed E-state index contributed by atoms with van der Waals surface area (Å²) < 4.78 is 0. The average molecular weight is 275 g/mol. The zero-order valence-electron chi connectivity index (χ0n) is 11.7. The third-order valence-corrected chi connectivity index (χ3v) is 3.73. The minimum Gasteiger partial charge on any atom is -0.352 e. The largest absolute Gasteiger partial charge is 0.352 e. The SMILES string of the molecule is CC(=O)N1CCC(NC(=O)[C@H](N)c2ccccc2)CC1. The molecule has 1 aromatic carbocycles. The molecule has 0 bridgehead atoms. The van der Waals surface area contributed by atoms with Crippen molar-refractivity contribution in [2.24, 2.45) is 5.73 Å². The van der Waals surface area contributed by atoms with Gasteiger partial charge in [0, 0.05) is 26.1 Å². The minimum absolute atomic E-state index is 0.0933. The van der Waals surface area contributed by atoms with E-state index in [4.69, 9.17) is 5.73 Å². The van der Waals surface area contributed by atoms with Crippen molar-refractivity contribution >= 4 is 11.8 Å². The summed E-state index contributed by atoms with van der Waals surface area (Å²) in [6.45, 7) is 2.96. The summed E-state index contributed by atoms with van der Waals surface area (Å²) in [5.74, 6) is -0.0618. The van der Waals surface area contributed by atoms with E-state index >= 15 is 0 Å². The van der Waals surface area contributed by atoms with Crippen LogP contribution in [-0.2, 0) is 9.59 Å². The van der Waals surface area contributed by atoms with E-state index in [1.165, 1.54) is 0 Å². The highest BCUT2D eigenvalue weighted by Crippen LogP contribution is 2.13. The first-order valence-electron chi connectivity index (χ1n) is 6.94. The molecule has 2 rings (SSSR count). The summed E-state index contributed by atoms with van der Waals surface area (Å²) in [5, 5.41) is 2.97. The second-order valence-corrected chi connectivity index (χ2v) is 5.18. The summed E-state index contributed by atoms with van der Waals surface area (Å²) in [4.78, 5) is 25.2. The molecule has 20 heavy (non-hydrogen) atoms. The molecule has 1 aliphatic heterocycles. The lowest BCUT2D eigenvalue weighted by atomic mass is 10.0. The molecule has 0 saturated carbocycles. The van der Waals surface area contributed by atoms with Gasteiger partial charge in [-0.15, -0.1) is 0 Å². The standard InChI is InChI=1S/C15H21N3O2/c1-11(19)18-9-7-13(8-10-18)17-15(20)14(16)12-5-3-2-4-6-12/h2-6,13-14H,7-10,16H2,1H3,(H,17,20)/t14-/m1/s1. The maximum Gasteiger partial charge on any atom is 0.241 e. The maximum absolute atomic E-state index is 12.1. The van der Waals surface area contributed by atoms with Crippen LogP contribution in [0, 0.1) is 0 Å². The number of likely N-dealkylation sites (tertiary alicyclic amines) is 1. The number of amides is 2. The molecule has 5 nitrogen and oxygen atoms in total. The maximum atomic E-state index is 12.1. The Morgan fingerprint density at radius 3 is 2.40 bits per heavy atom. The molecular formula is C15H21N3O2. The van der Waals surface area contributed by atoms with Crippen LogP contribution in [0.25, 0.3) is 0 Å². The normalized spacial score (nSPS) is 17.6. The summed E-state index contributed by atoms with van der Waals surface area (Å²) in [6.07, 6.45) is 1.57. The Labute approximate surface area is 119 Å². The van der Waals surface area contributed by atoms with Crippen LogP contribution >= 0.6 is 0 Å². The molecule has 5 heteroatoms. The van der Waals surface area contributed by atoms with Crippen molar-refractivity contribution in [1.82, 2.24) is 10.2 Å². The van der Waals surface area contributed by atoms with E-state index < -0.39 is 6.04 Å². The van der Waals surface area contributed by atoms with Crippen LogP contribution < -0.4 is 11.1 Å². The number of hydrogen-bond donors (Lipinski definition) is 2. The molecular weight excluding hydrogens is 254 g/mol. The van der Waals surface area contributed by atoms with Gasteiger partial charge in [0.2, 0.25) is 11.8 Å². The highest BCUT2D eigenvalue weighted by atomic mass is 16.2. The number of hydrogen-bond acceptors (Lipinski definition) is 3. The van der Waals surface area contributed by atoms with Gasteiger partial charge in [-0.25, -0.2) is 0 Å². The number of nitrogens with zero attached hydrogens (tertiary/aromatic N) is 1. The second kappa shape index (κ2) is 6.52. The molecule has 3 N–H and O–H groups in total. The van der Waals surface area contributed by atoms with Crippen molar-refractivity contribution in [3.63, 3.8) is 0 Å². The van der Waals surface area contributed by atoms with Gasteiger partial charge in [0.05, 0.1) is 0 Å². The molecule has 1 heterocycles. The van der Waals surface area contributed by atoms with Gasteiger partial charge in [0.25, 0.3) is 0 Å². The number of piperidine rings is 1. The molecule has 0 radical (unpaired) electrons. The number of nitrogens with one attached hydrogen (secondary N) is 1. The lowest BCUT2D eigenvalue weighted by Gasteiger charge is -2.32. The molecule has 2 amide bonds. The van der Waals surface area contributed by atoms with Gasteiger partial charge in [0.15, 0.2) is 0 Å². The lowest BCUT2D eigenvalue weighted by molar-refractivity contribution is -0.130. The molecule has 1 aliphatic rings. The average Bonchev–Trinajstić information content (AvgIpc) is 2.48. The van der Waals surface area contributed by atoms with E-state index in [9.17, 15) is 9.59 Å². The van der Waals surface area contributed by atoms with Gasteiger partial charge in [0.1, 0.15) is 6.04 Å². The fraction of sp³-hybridized carbons (Fsp3) is 0.467. The Morgan fingerprint density at radius 1 is 1.25 bits per heavy atom. The quantitative estimate of drug-likeness (QED) is 0.857. The van der Waals surface area contributed by atoms with Crippen LogP contribution in [0.4, 0.5) is 0 Å². The van der Waals surface area contributed by atoms with Gasteiger partial charge >= 0.3 is 0 Å². The van der Waals surface area contributed by atoms with Crippen LogP contribution in [-0.4, -0.2) is 35.8 Å². The first-order chi connectivity index (χ1) is 9.58. The Kier molecular flexibility index (Phi) is 4.74. The van der Waals surface area contributed by atoms with Crippen molar-refractivity contribution in [3.8, 4) is 0 Å². The number of nitrogens with two attached hydrogens (primary N) is 1. The van der Waals surface area contributed by atoms with Crippen molar-refractivity contribution < 1.29 is 9.59 Å². The van der Waals surface area contributed by atoms with Gasteiger partial charge in [-0.2, -0.15) is 0 Å². The Balaban J connectivity index is 1.85. The summed E-state index contributed by atoms with van der Waals surface area (Å²) >= 11 is 0. The first-order valence-corrected chi connectivity index (χ1v) is 6.94. The monoisotopic (exact) mass is 275 g/mol. The smallest absolute Gasteiger partial charge is 0.241 e. The Morgan fingerprint density at radius 2 is 1.85 bits per heavy atom. The molecule has 0 aromatic heterocycles. The minimum atomic E-state index is -0.637. The molecule has 1 aromatic rings. The second-order valence-electron chi connectivity index (χ2n) is 5.18. The highest BCUT2D eigenvalue weighted by Gasteiger charge is 2.24. The molecule has 1 atom stereocenters. The van der Waals surface area contributed by atoms with Crippen LogP contribution in [0.5, 0.6) is 0 Å². The van der Waals surface area contributed by atoms with E-state index in [0.717, 1.165) is 18.4 Å². The van der Waals surface area contributed by atoms with Crippen LogP contribution in [0.2, 0.25) is 0 Å². The zero-order chi connectivity index (χ0) is 14.5. The third kappa shape index (κ3) is 3.57. The molecule has 0 unspecified atom stereocenters. The first kappa shape index (κ1) is 14.5. The summed E-state index contributed by atoms with van der Waals surface area (Å²) in [6, 6.07) is 8.80. The van der Waals surface area contributed by atoms with E-state index in [1.807, 2.05) is 30.3 Å². The van der Waals surface area contributed by atoms with E-state index in [-0.39, 0.29) is 17.9 Å². The number of rotatable bonds is 3. The molecule has 0 spiro atoms. The van der Waals surface area contributed by atoms with Gasteiger partial charge in [-0.3, -0.25) is 9.59 Å². The van der Waals surface area contributed by atoms with Crippen molar-refractivity contribution in [3.05, 3.63) is 35.9 Å². The van der Waals surface area contributed by atoms with E-state index in [1.54, 1.807) is 11.8 Å². The summed E-state index contributed by atoms with van der Waals surface area (Å²) in [7, 11) is 0. The Bertz CT molecular complexity index is 467. The van der Waals surface area contributed by atoms with E-state index in [2.05, 4.69) is 5.32 Å². The topological polar surface area (TPSA) is 75.4 Å². The molecule has 1 saturated heterocycles. The predicted molar refractivity (Wildman–Crippen MR) is 76.8 cm³/mol. The third-order valence-electron chi connectivity index (χ3n) is 3.73. The highest BCUT2D eigenvalue weighted by molar-refractivity contribution is 5.83. The predicted octanol–water partition coefficient (Wildman–Crippen LogP) is 0.814. The molecule has 108 valence electrons. The van der Waals surface area contributed by atoms with Gasteiger partial charge in [-0.1, -0.05) is 30.3 Å². The fourth-order valence-corrected chi connectivity index (χ4v) is 2.44. The zero-order valence-corrected chi connectivity index (χ0v) is 11.7. The molecule has 0 aliphatic carbocycles. The Hall–Kier alpha value is -1.88. The van der Waals surface area contributed by atoms with Crippen molar-refractivity contribution in [2.45, 2.75) is 31.8 Å². The van der Waals surface area contributed by atoms with Crippen LogP contribution in [0.1, 0.15) is 31.4 Å². The van der Waals surface area contributed by atoms with Gasteiger partial charge < -0.3 is 16.0 Å². The number of carbonyl (C=O) groups is 2.